The predicted molar refractivity (Wildman–Crippen MR) is 123 cm³/mol. The Morgan fingerprint density at radius 1 is 1.28 bits per heavy atom. The Balaban J connectivity index is 1.36. The molecule has 2 aromatic carbocycles. The minimum atomic E-state index is -0.0458. The van der Waals surface area contributed by atoms with Crippen LogP contribution in [0, 0.1) is 9.49 Å². The monoisotopic (exact) mass is 566 g/mol. The lowest BCUT2D eigenvalue weighted by atomic mass is 9.97. The Morgan fingerprint density at radius 2 is 2.10 bits per heavy atom. The number of halogens is 2. The van der Waals surface area contributed by atoms with Crippen molar-refractivity contribution >= 4 is 50.1 Å². The number of rotatable bonds is 5. The van der Waals surface area contributed by atoms with E-state index in [0.29, 0.717) is 24.8 Å². The van der Waals surface area contributed by atoms with Gasteiger partial charge >= 0.3 is 0 Å². The Kier molecular flexibility index (Phi) is 6.61. The molecule has 29 heavy (non-hydrogen) atoms. The second kappa shape index (κ2) is 9.36. The number of carbonyl (C=O) groups is 1. The zero-order valence-electron chi connectivity index (χ0n) is 15.6. The van der Waals surface area contributed by atoms with Crippen LogP contribution < -0.4 is 5.32 Å². The van der Waals surface area contributed by atoms with E-state index in [1.54, 1.807) is 0 Å². The van der Waals surface area contributed by atoms with Gasteiger partial charge in [0.1, 0.15) is 0 Å². The van der Waals surface area contributed by atoms with Gasteiger partial charge in [0.05, 0.1) is 12.5 Å². The fourth-order valence-electron chi connectivity index (χ4n) is 3.45. The second-order valence-electron chi connectivity index (χ2n) is 7.09. The van der Waals surface area contributed by atoms with Gasteiger partial charge in [-0.2, -0.15) is 4.98 Å². The first-order valence-corrected chi connectivity index (χ1v) is 11.3. The molecule has 0 radical (unpaired) electrons. The molecule has 1 aromatic heterocycles. The molecule has 4 rings (SSSR count). The first-order chi connectivity index (χ1) is 14.1. The number of nitrogens with one attached hydrogen (secondary N) is 1. The number of hydrogen-bond acceptors (Lipinski definition) is 5. The van der Waals surface area contributed by atoms with E-state index in [1.807, 2.05) is 48.5 Å². The Labute approximate surface area is 191 Å². The van der Waals surface area contributed by atoms with Gasteiger partial charge in [0.15, 0.2) is 0 Å². The van der Waals surface area contributed by atoms with Crippen molar-refractivity contribution in [1.82, 2.24) is 15.0 Å². The number of anilines is 1. The van der Waals surface area contributed by atoms with E-state index in [1.165, 1.54) is 0 Å². The summed E-state index contributed by atoms with van der Waals surface area (Å²) in [6.07, 6.45) is 1.86. The molecule has 0 saturated carbocycles. The molecule has 150 valence electrons. The zero-order valence-corrected chi connectivity index (χ0v) is 19.4. The van der Waals surface area contributed by atoms with Crippen molar-refractivity contribution in [2.75, 3.05) is 18.4 Å². The number of piperidine rings is 1. The van der Waals surface area contributed by atoms with E-state index >= 15 is 0 Å². The summed E-state index contributed by atoms with van der Waals surface area (Å²) in [5.41, 5.74) is 1.74. The Bertz CT molecular complexity index is 992. The summed E-state index contributed by atoms with van der Waals surface area (Å²) in [6.45, 7) is 2.15. The van der Waals surface area contributed by atoms with Crippen LogP contribution in [0.2, 0.25) is 0 Å². The van der Waals surface area contributed by atoms with Crippen molar-refractivity contribution in [2.45, 2.75) is 19.4 Å². The second-order valence-corrected chi connectivity index (χ2v) is 9.25. The standard InChI is InChI=1S/C21H20BrIN4O2/c22-16-5-1-3-14(11-16)20-25-19(29-26-20)13-27-10-2-4-15(12-27)21(28)24-18-8-6-17(23)7-9-18/h1,3,5-9,11,15H,2,4,10,12-13H2,(H,24,28). The van der Waals surface area contributed by atoms with Gasteiger partial charge in [-0.3, -0.25) is 9.69 Å². The highest BCUT2D eigenvalue weighted by atomic mass is 127. The highest BCUT2D eigenvalue weighted by molar-refractivity contribution is 14.1. The molecule has 1 aliphatic heterocycles. The van der Waals surface area contributed by atoms with Gasteiger partial charge in [0, 0.05) is 25.8 Å². The van der Waals surface area contributed by atoms with Gasteiger partial charge in [-0.1, -0.05) is 33.2 Å². The van der Waals surface area contributed by atoms with Crippen molar-refractivity contribution < 1.29 is 9.32 Å². The zero-order chi connectivity index (χ0) is 20.2. The van der Waals surface area contributed by atoms with Crippen LogP contribution in [0.5, 0.6) is 0 Å². The third-order valence-electron chi connectivity index (χ3n) is 4.90. The quantitative estimate of drug-likeness (QED) is 0.442. The van der Waals surface area contributed by atoms with Crippen LogP contribution in [0.3, 0.4) is 0 Å². The number of likely N-dealkylation sites (tertiary alicyclic amines) is 1. The highest BCUT2D eigenvalue weighted by Gasteiger charge is 2.27. The van der Waals surface area contributed by atoms with Gasteiger partial charge < -0.3 is 9.84 Å². The van der Waals surface area contributed by atoms with Crippen molar-refractivity contribution in [2.24, 2.45) is 5.92 Å². The summed E-state index contributed by atoms with van der Waals surface area (Å²) in [4.78, 5) is 19.4. The molecule has 2 heterocycles. The van der Waals surface area contributed by atoms with E-state index in [0.717, 1.165) is 38.7 Å². The Morgan fingerprint density at radius 3 is 2.90 bits per heavy atom. The van der Waals surface area contributed by atoms with Gasteiger partial charge in [0.2, 0.25) is 17.6 Å². The lowest BCUT2D eigenvalue weighted by molar-refractivity contribution is -0.121. The van der Waals surface area contributed by atoms with Crippen LogP contribution in [0.4, 0.5) is 5.69 Å². The predicted octanol–water partition coefficient (Wildman–Crippen LogP) is 4.95. The molecule has 1 aliphatic rings. The molecule has 8 heteroatoms. The van der Waals surface area contributed by atoms with Gasteiger partial charge in [-0.05, 0) is 78.4 Å². The molecular formula is C21H20BrIN4O2. The number of nitrogens with zero attached hydrogens (tertiary/aromatic N) is 3. The van der Waals surface area contributed by atoms with E-state index in [4.69, 9.17) is 4.52 Å². The summed E-state index contributed by atoms with van der Waals surface area (Å²) < 4.78 is 7.56. The van der Waals surface area contributed by atoms with Crippen molar-refractivity contribution in [3.8, 4) is 11.4 Å². The molecule has 1 unspecified atom stereocenters. The summed E-state index contributed by atoms with van der Waals surface area (Å²) in [5, 5.41) is 7.13. The van der Waals surface area contributed by atoms with Gasteiger partial charge in [-0.15, -0.1) is 0 Å². The maximum atomic E-state index is 12.7. The van der Waals surface area contributed by atoms with E-state index < -0.39 is 0 Å². The van der Waals surface area contributed by atoms with Crippen molar-refractivity contribution in [3.05, 3.63) is 62.5 Å². The number of hydrogen-bond donors (Lipinski definition) is 1. The molecule has 1 fully saturated rings. The first kappa shape index (κ1) is 20.5. The third-order valence-corrected chi connectivity index (χ3v) is 6.11. The summed E-state index contributed by atoms with van der Waals surface area (Å²) in [5.74, 6) is 1.16. The van der Waals surface area contributed by atoms with Crippen LogP contribution in [0.1, 0.15) is 18.7 Å². The van der Waals surface area contributed by atoms with Crippen LogP contribution in [-0.4, -0.2) is 34.0 Å². The van der Waals surface area contributed by atoms with Crippen molar-refractivity contribution in [1.29, 1.82) is 0 Å². The average Bonchev–Trinajstić information content (AvgIpc) is 3.18. The fourth-order valence-corrected chi connectivity index (χ4v) is 4.20. The lowest BCUT2D eigenvalue weighted by Gasteiger charge is -2.30. The fraction of sp³-hybridized carbons (Fsp3) is 0.286. The topological polar surface area (TPSA) is 71.3 Å². The normalized spacial score (nSPS) is 17.2. The SMILES string of the molecule is O=C(Nc1ccc(I)cc1)C1CCCN(Cc2nc(-c3cccc(Br)c3)no2)C1. The minimum Gasteiger partial charge on any atom is -0.338 e. The average molecular weight is 567 g/mol. The van der Waals surface area contributed by atoms with Crippen LogP contribution in [0.25, 0.3) is 11.4 Å². The smallest absolute Gasteiger partial charge is 0.241 e. The Hall–Kier alpha value is -1.78. The summed E-state index contributed by atoms with van der Waals surface area (Å²) in [6, 6.07) is 15.6. The molecule has 0 spiro atoms. The first-order valence-electron chi connectivity index (χ1n) is 9.44. The maximum absolute atomic E-state index is 12.7. The lowest BCUT2D eigenvalue weighted by Crippen LogP contribution is -2.40. The molecule has 1 N–H and O–H groups in total. The van der Waals surface area contributed by atoms with Gasteiger partial charge in [0.25, 0.3) is 0 Å². The number of aromatic nitrogens is 2. The molecule has 3 aromatic rings. The van der Waals surface area contributed by atoms with E-state index in [2.05, 4.69) is 58.9 Å². The molecule has 0 aliphatic carbocycles. The minimum absolute atomic E-state index is 0.0458. The molecule has 1 amide bonds. The molecule has 0 bridgehead atoms. The highest BCUT2D eigenvalue weighted by Crippen LogP contribution is 2.23. The summed E-state index contributed by atoms with van der Waals surface area (Å²) in [7, 11) is 0. The molecule has 1 atom stereocenters. The molecule has 1 saturated heterocycles. The van der Waals surface area contributed by atoms with Gasteiger partial charge in [-0.25, -0.2) is 0 Å². The van der Waals surface area contributed by atoms with Crippen LogP contribution >= 0.6 is 38.5 Å². The molecular weight excluding hydrogens is 547 g/mol. The third kappa shape index (κ3) is 5.43. The summed E-state index contributed by atoms with van der Waals surface area (Å²) >= 11 is 5.71. The number of carbonyl (C=O) groups excluding carboxylic acids is 1. The van der Waals surface area contributed by atoms with Crippen LogP contribution in [0.15, 0.2) is 57.5 Å². The largest absolute Gasteiger partial charge is 0.338 e. The van der Waals surface area contributed by atoms with Crippen molar-refractivity contribution in [3.63, 3.8) is 0 Å². The number of amides is 1. The maximum Gasteiger partial charge on any atom is 0.241 e. The number of benzene rings is 2. The van der Waals surface area contributed by atoms with E-state index in [9.17, 15) is 4.79 Å². The van der Waals surface area contributed by atoms with E-state index in [-0.39, 0.29) is 11.8 Å². The van der Waals surface area contributed by atoms with Crippen LogP contribution in [-0.2, 0) is 11.3 Å². The molecule has 6 nitrogen and oxygen atoms in total.